The molecular formula is C6H6BrF2N3O2S. The minimum absolute atomic E-state index is 0.199. The van der Waals surface area contributed by atoms with Gasteiger partial charge in [0.05, 0.1) is 10.2 Å². The van der Waals surface area contributed by atoms with Crippen molar-refractivity contribution in [1.82, 2.24) is 4.98 Å². The molecule has 0 aliphatic rings. The Morgan fingerprint density at radius 2 is 2.00 bits per heavy atom. The van der Waals surface area contributed by atoms with Crippen LogP contribution in [-0.4, -0.2) is 13.4 Å². The van der Waals surface area contributed by atoms with Crippen LogP contribution in [0.25, 0.3) is 0 Å². The van der Waals surface area contributed by atoms with Gasteiger partial charge in [0.1, 0.15) is 10.6 Å². The standard InChI is InChI=1S/C6H6BrF2N3O2S/c7-3-2(15(11,13)14)1-12-5(4(3)10)6(8)9/h1,6H,10H2,(H2,11,13,14). The largest absolute Gasteiger partial charge is 0.396 e. The minimum Gasteiger partial charge on any atom is -0.396 e. The fourth-order valence-corrected chi connectivity index (χ4v) is 2.41. The number of primary sulfonamides is 1. The van der Waals surface area contributed by atoms with Gasteiger partial charge < -0.3 is 5.73 Å². The number of alkyl halides is 2. The van der Waals surface area contributed by atoms with E-state index in [0.717, 1.165) is 6.20 Å². The Morgan fingerprint density at radius 3 is 2.40 bits per heavy atom. The number of nitrogen functional groups attached to an aromatic ring is 1. The number of anilines is 1. The lowest BCUT2D eigenvalue weighted by Crippen LogP contribution is -2.15. The monoisotopic (exact) mass is 301 g/mol. The molecule has 5 nitrogen and oxygen atoms in total. The molecule has 0 unspecified atom stereocenters. The van der Waals surface area contributed by atoms with Gasteiger partial charge >= 0.3 is 0 Å². The zero-order chi connectivity index (χ0) is 11.8. The predicted molar refractivity (Wildman–Crippen MR) is 52.7 cm³/mol. The van der Waals surface area contributed by atoms with E-state index in [-0.39, 0.29) is 4.47 Å². The molecular weight excluding hydrogens is 296 g/mol. The number of halogens is 3. The van der Waals surface area contributed by atoms with Crippen LogP contribution in [-0.2, 0) is 10.0 Å². The van der Waals surface area contributed by atoms with Crippen LogP contribution in [0.4, 0.5) is 14.5 Å². The predicted octanol–water partition coefficient (Wildman–Crippen LogP) is 1.01. The van der Waals surface area contributed by atoms with Crippen LogP contribution >= 0.6 is 15.9 Å². The molecule has 0 saturated carbocycles. The summed E-state index contributed by atoms with van der Waals surface area (Å²) in [6, 6.07) is 0. The Bertz CT molecular complexity index is 491. The molecule has 0 saturated heterocycles. The van der Waals surface area contributed by atoms with Crippen molar-refractivity contribution in [2.24, 2.45) is 5.14 Å². The highest BCUT2D eigenvalue weighted by Crippen LogP contribution is 2.32. The van der Waals surface area contributed by atoms with Gasteiger partial charge in [-0.1, -0.05) is 0 Å². The van der Waals surface area contributed by atoms with Crippen LogP contribution in [0, 0.1) is 0 Å². The van der Waals surface area contributed by atoms with Gasteiger partial charge in [-0.25, -0.2) is 22.3 Å². The van der Waals surface area contributed by atoms with E-state index in [9.17, 15) is 17.2 Å². The van der Waals surface area contributed by atoms with Gasteiger partial charge in [-0.15, -0.1) is 0 Å². The second kappa shape index (κ2) is 3.99. The van der Waals surface area contributed by atoms with Gasteiger partial charge in [-0.3, -0.25) is 4.98 Å². The lowest BCUT2D eigenvalue weighted by atomic mass is 10.3. The summed E-state index contributed by atoms with van der Waals surface area (Å²) in [5.74, 6) is 0. The maximum absolute atomic E-state index is 12.3. The van der Waals surface area contributed by atoms with Gasteiger partial charge in [0.2, 0.25) is 10.0 Å². The van der Waals surface area contributed by atoms with Crippen molar-refractivity contribution in [3.8, 4) is 0 Å². The Labute approximate surface area is 92.7 Å². The number of nitrogens with two attached hydrogens (primary N) is 2. The average Bonchev–Trinajstić information content (AvgIpc) is 2.06. The van der Waals surface area contributed by atoms with E-state index in [4.69, 9.17) is 10.9 Å². The summed E-state index contributed by atoms with van der Waals surface area (Å²) in [7, 11) is -4.03. The molecule has 1 aromatic heterocycles. The van der Waals surface area contributed by atoms with E-state index in [0.29, 0.717) is 0 Å². The van der Waals surface area contributed by atoms with E-state index >= 15 is 0 Å². The fourth-order valence-electron chi connectivity index (χ4n) is 0.872. The number of sulfonamides is 1. The summed E-state index contributed by atoms with van der Waals surface area (Å²) < 4.78 is 46.3. The molecule has 0 amide bonds. The van der Waals surface area contributed by atoms with Crippen LogP contribution in [0.1, 0.15) is 12.1 Å². The number of hydrogen-bond donors (Lipinski definition) is 2. The normalized spacial score (nSPS) is 12.1. The van der Waals surface area contributed by atoms with Gasteiger partial charge in [0, 0.05) is 6.20 Å². The molecule has 0 aliphatic carbocycles. The zero-order valence-corrected chi connectivity index (χ0v) is 9.52. The van der Waals surface area contributed by atoms with Crippen molar-refractivity contribution in [3.63, 3.8) is 0 Å². The first-order chi connectivity index (χ1) is 6.75. The summed E-state index contributed by atoms with van der Waals surface area (Å²) >= 11 is 2.78. The third-order valence-corrected chi connectivity index (χ3v) is 3.60. The molecule has 0 radical (unpaired) electrons. The molecule has 1 aromatic rings. The van der Waals surface area contributed by atoms with E-state index in [1.165, 1.54) is 0 Å². The summed E-state index contributed by atoms with van der Waals surface area (Å²) in [6.07, 6.45) is -2.15. The summed E-state index contributed by atoms with van der Waals surface area (Å²) in [6.45, 7) is 0. The molecule has 9 heteroatoms. The van der Waals surface area contributed by atoms with Gasteiger partial charge in [0.25, 0.3) is 6.43 Å². The van der Waals surface area contributed by atoms with E-state index in [1.54, 1.807) is 0 Å². The molecule has 0 fully saturated rings. The summed E-state index contributed by atoms with van der Waals surface area (Å²) in [5.41, 5.74) is 4.15. The lowest BCUT2D eigenvalue weighted by Gasteiger charge is -2.08. The Morgan fingerprint density at radius 1 is 1.47 bits per heavy atom. The van der Waals surface area contributed by atoms with Crippen LogP contribution in [0.15, 0.2) is 15.6 Å². The molecule has 0 spiro atoms. The molecule has 0 aliphatic heterocycles. The van der Waals surface area contributed by atoms with Crippen LogP contribution in [0.2, 0.25) is 0 Å². The lowest BCUT2D eigenvalue weighted by molar-refractivity contribution is 0.147. The molecule has 0 aromatic carbocycles. The number of rotatable bonds is 2. The van der Waals surface area contributed by atoms with Crippen molar-refractivity contribution in [3.05, 3.63) is 16.4 Å². The second-order valence-corrected chi connectivity index (χ2v) is 4.90. The SMILES string of the molecule is Nc1c(C(F)F)ncc(S(N)(=O)=O)c1Br. The molecule has 0 bridgehead atoms. The van der Waals surface area contributed by atoms with Gasteiger partial charge in [0.15, 0.2) is 0 Å². The maximum atomic E-state index is 12.3. The van der Waals surface area contributed by atoms with Crippen molar-refractivity contribution >= 4 is 31.6 Å². The van der Waals surface area contributed by atoms with Crippen molar-refractivity contribution in [2.45, 2.75) is 11.3 Å². The molecule has 84 valence electrons. The van der Waals surface area contributed by atoms with E-state index in [1.807, 2.05) is 0 Å². The maximum Gasteiger partial charge on any atom is 0.282 e. The Kier molecular flexibility index (Phi) is 3.26. The van der Waals surface area contributed by atoms with Crippen molar-refractivity contribution < 1.29 is 17.2 Å². The number of aromatic nitrogens is 1. The first-order valence-corrected chi connectivity index (χ1v) is 5.84. The third-order valence-electron chi connectivity index (χ3n) is 1.56. The third kappa shape index (κ3) is 2.41. The van der Waals surface area contributed by atoms with Crippen LogP contribution < -0.4 is 10.9 Å². The molecule has 1 rings (SSSR count). The average molecular weight is 302 g/mol. The highest BCUT2D eigenvalue weighted by Gasteiger charge is 2.21. The second-order valence-electron chi connectivity index (χ2n) is 2.58. The smallest absolute Gasteiger partial charge is 0.282 e. The first kappa shape index (κ1) is 12.3. The molecule has 4 N–H and O–H groups in total. The topological polar surface area (TPSA) is 99.1 Å². The molecule has 1 heterocycles. The highest BCUT2D eigenvalue weighted by molar-refractivity contribution is 9.10. The minimum atomic E-state index is -4.03. The molecule has 0 atom stereocenters. The van der Waals surface area contributed by atoms with Crippen LogP contribution in [0.3, 0.4) is 0 Å². The Hall–Kier alpha value is -0.800. The van der Waals surface area contributed by atoms with E-state index in [2.05, 4.69) is 20.9 Å². The molecule has 15 heavy (non-hydrogen) atoms. The summed E-state index contributed by atoms with van der Waals surface area (Å²) in [5, 5.41) is 4.81. The summed E-state index contributed by atoms with van der Waals surface area (Å²) in [4.78, 5) is 2.81. The fraction of sp³-hybridized carbons (Fsp3) is 0.167. The van der Waals surface area contributed by atoms with Gasteiger partial charge in [-0.05, 0) is 15.9 Å². The van der Waals surface area contributed by atoms with Crippen molar-refractivity contribution in [1.29, 1.82) is 0 Å². The number of hydrogen-bond acceptors (Lipinski definition) is 4. The van der Waals surface area contributed by atoms with Crippen molar-refractivity contribution in [2.75, 3.05) is 5.73 Å². The zero-order valence-electron chi connectivity index (χ0n) is 7.12. The van der Waals surface area contributed by atoms with Crippen LogP contribution in [0.5, 0.6) is 0 Å². The highest BCUT2D eigenvalue weighted by atomic mass is 79.9. The Balaban J connectivity index is 3.48. The van der Waals surface area contributed by atoms with Gasteiger partial charge in [-0.2, -0.15) is 0 Å². The number of nitrogens with zero attached hydrogens (tertiary/aromatic N) is 1. The number of pyridine rings is 1. The van der Waals surface area contributed by atoms with E-state index < -0.39 is 32.7 Å². The quantitative estimate of drug-likeness (QED) is 0.851. The first-order valence-electron chi connectivity index (χ1n) is 3.50.